The Balaban J connectivity index is 1.73. The molecule has 0 atom stereocenters. The van der Waals surface area contributed by atoms with Crippen LogP contribution in [0.4, 0.5) is 17.2 Å². The van der Waals surface area contributed by atoms with Crippen molar-refractivity contribution < 1.29 is 9.59 Å². The molecule has 0 spiro atoms. The van der Waals surface area contributed by atoms with Crippen LogP contribution in [-0.4, -0.2) is 22.6 Å². The number of aromatic nitrogens is 1. The zero-order valence-electron chi connectivity index (χ0n) is 19.3. The molecule has 4 rings (SSSR count). The molecule has 178 valence electrons. The molecule has 0 saturated carbocycles. The van der Waals surface area contributed by atoms with Crippen molar-refractivity contribution in [2.24, 2.45) is 5.73 Å². The highest BCUT2D eigenvalue weighted by Crippen LogP contribution is 2.38. The number of nitrogens with two attached hydrogens (primary N) is 2. The maximum atomic E-state index is 12.6. The first-order valence-electron chi connectivity index (χ1n) is 11.0. The van der Waals surface area contributed by atoms with Gasteiger partial charge in [-0.3, -0.25) is 15.0 Å². The Morgan fingerprint density at radius 1 is 0.889 bits per heavy atom. The Labute approximate surface area is 208 Å². The third kappa shape index (κ3) is 5.13. The maximum absolute atomic E-state index is 12.6. The molecule has 0 unspecified atom stereocenters. The Morgan fingerprint density at radius 2 is 1.58 bits per heavy atom. The van der Waals surface area contributed by atoms with Gasteiger partial charge in [0, 0.05) is 34.3 Å². The van der Waals surface area contributed by atoms with Gasteiger partial charge in [-0.2, -0.15) is 0 Å². The number of amidine groups is 1. The summed E-state index contributed by atoms with van der Waals surface area (Å²) in [6.45, 7) is 3.46. The number of nitrogen functional groups attached to an aromatic ring is 2. The van der Waals surface area contributed by atoms with Crippen LogP contribution in [0.3, 0.4) is 0 Å². The first-order valence-corrected chi connectivity index (χ1v) is 11.0. The van der Waals surface area contributed by atoms with E-state index in [-0.39, 0.29) is 17.6 Å². The number of carbonyl (C=O) groups excluding carboxylic acids is 2. The summed E-state index contributed by atoms with van der Waals surface area (Å²) in [5.74, 6) is -0.313. The standard InChI is InChI=1S/C28H24N6O2/c1-2-24(35)33-20-12-10-17(11-13-20)21-14-15-22(29)26(27(30)31)25(21)18-6-8-19(9-7-18)28(36)34-23-5-3-4-16-32-23/h2-16H,1,29H2,(H3,30,31)(H,33,35)(H,32,34,36). The fourth-order valence-electron chi connectivity index (χ4n) is 3.79. The molecule has 0 fully saturated rings. The molecule has 0 bridgehead atoms. The highest BCUT2D eigenvalue weighted by Gasteiger charge is 2.18. The highest BCUT2D eigenvalue weighted by atomic mass is 16.2. The fourth-order valence-corrected chi connectivity index (χ4v) is 3.79. The minimum Gasteiger partial charge on any atom is -0.398 e. The Morgan fingerprint density at radius 3 is 2.19 bits per heavy atom. The van der Waals surface area contributed by atoms with E-state index in [9.17, 15) is 9.59 Å². The molecule has 0 aliphatic rings. The number of rotatable bonds is 7. The minimum atomic E-state index is -0.304. The average molecular weight is 477 g/mol. The van der Waals surface area contributed by atoms with Gasteiger partial charge in [-0.05, 0) is 65.2 Å². The normalized spacial score (nSPS) is 10.3. The number of nitrogens with one attached hydrogen (secondary N) is 3. The first-order chi connectivity index (χ1) is 17.4. The monoisotopic (exact) mass is 476 g/mol. The van der Waals surface area contributed by atoms with Crippen molar-refractivity contribution in [3.63, 3.8) is 0 Å². The van der Waals surface area contributed by atoms with E-state index in [1.165, 1.54) is 6.08 Å². The van der Waals surface area contributed by atoms with E-state index in [1.807, 2.05) is 18.2 Å². The van der Waals surface area contributed by atoms with Gasteiger partial charge in [0.2, 0.25) is 5.91 Å². The fraction of sp³-hybridized carbons (Fsp3) is 0. The second-order valence-electron chi connectivity index (χ2n) is 7.88. The van der Waals surface area contributed by atoms with Gasteiger partial charge in [-0.25, -0.2) is 4.98 Å². The molecule has 36 heavy (non-hydrogen) atoms. The predicted octanol–water partition coefficient (Wildman–Crippen LogP) is 4.66. The van der Waals surface area contributed by atoms with Crippen molar-refractivity contribution >= 4 is 34.8 Å². The molecule has 0 radical (unpaired) electrons. The summed E-state index contributed by atoms with van der Waals surface area (Å²) in [6, 6.07) is 23.0. The van der Waals surface area contributed by atoms with Gasteiger partial charge in [-0.1, -0.05) is 43.0 Å². The van der Waals surface area contributed by atoms with Crippen molar-refractivity contribution in [1.29, 1.82) is 5.41 Å². The zero-order chi connectivity index (χ0) is 25.7. The van der Waals surface area contributed by atoms with Gasteiger partial charge in [0.05, 0.1) is 0 Å². The van der Waals surface area contributed by atoms with Crippen molar-refractivity contribution in [2.75, 3.05) is 16.4 Å². The predicted molar refractivity (Wildman–Crippen MR) is 144 cm³/mol. The molecule has 0 aliphatic heterocycles. The zero-order valence-corrected chi connectivity index (χ0v) is 19.3. The van der Waals surface area contributed by atoms with E-state index in [1.54, 1.807) is 66.9 Å². The summed E-state index contributed by atoms with van der Waals surface area (Å²) in [5, 5.41) is 13.6. The second kappa shape index (κ2) is 10.4. The summed E-state index contributed by atoms with van der Waals surface area (Å²) in [6.07, 6.45) is 2.80. The summed E-state index contributed by atoms with van der Waals surface area (Å²) >= 11 is 0. The van der Waals surface area contributed by atoms with Crippen LogP contribution in [0.25, 0.3) is 22.3 Å². The van der Waals surface area contributed by atoms with Crippen LogP contribution in [0.15, 0.2) is 97.7 Å². The second-order valence-corrected chi connectivity index (χ2v) is 7.88. The molecule has 7 N–H and O–H groups in total. The van der Waals surface area contributed by atoms with Crippen molar-refractivity contribution in [3.05, 3.63) is 109 Å². The number of carbonyl (C=O) groups is 2. The van der Waals surface area contributed by atoms with Gasteiger partial charge in [0.25, 0.3) is 5.91 Å². The van der Waals surface area contributed by atoms with Crippen LogP contribution in [0.2, 0.25) is 0 Å². The SMILES string of the molecule is C=CC(=O)Nc1ccc(-c2ccc(N)c(C(=N)N)c2-c2ccc(C(=O)Nc3ccccn3)cc2)cc1. The number of nitrogens with zero attached hydrogens (tertiary/aromatic N) is 1. The number of amides is 2. The van der Waals surface area contributed by atoms with Gasteiger partial charge in [-0.15, -0.1) is 0 Å². The Hall–Kier alpha value is -5.24. The molecule has 1 aromatic heterocycles. The molecule has 0 aliphatic carbocycles. The third-order valence-electron chi connectivity index (χ3n) is 5.50. The number of anilines is 3. The van der Waals surface area contributed by atoms with Crippen LogP contribution >= 0.6 is 0 Å². The number of hydrogen-bond acceptors (Lipinski definition) is 5. The third-order valence-corrected chi connectivity index (χ3v) is 5.50. The van der Waals surface area contributed by atoms with E-state index >= 15 is 0 Å². The summed E-state index contributed by atoms with van der Waals surface area (Å²) in [4.78, 5) is 28.4. The molecule has 2 amide bonds. The lowest BCUT2D eigenvalue weighted by Crippen LogP contribution is -2.16. The molecule has 3 aromatic carbocycles. The van der Waals surface area contributed by atoms with Gasteiger partial charge in [0.15, 0.2) is 0 Å². The lowest BCUT2D eigenvalue weighted by Gasteiger charge is -2.18. The van der Waals surface area contributed by atoms with Gasteiger partial charge < -0.3 is 22.1 Å². The van der Waals surface area contributed by atoms with Crippen molar-refractivity contribution in [2.45, 2.75) is 0 Å². The Bertz CT molecular complexity index is 1450. The maximum Gasteiger partial charge on any atom is 0.256 e. The van der Waals surface area contributed by atoms with Crippen LogP contribution in [0.1, 0.15) is 15.9 Å². The molecular formula is C28H24N6O2. The van der Waals surface area contributed by atoms with Crippen LogP contribution < -0.4 is 22.1 Å². The van der Waals surface area contributed by atoms with Gasteiger partial charge in [0.1, 0.15) is 11.7 Å². The number of pyridine rings is 1. The van der Waals surface area contributed by atoms with E-state index in [2.05, 4.69) is 22.2 Å². The molecule has 8 heteroatoms. The number of hydrogen-bond donors (Lipinski definition) is 5. The van der Waals surface area contributed by atoms with Crippen molar-refractivity contribution in [3.8, 4) is 22.3 Å². The van der Waals surface area contributed by atoms with Crippen LogP contribution in [0.5, 0.6) is 0 Å². The average Bonchev–Trinajstić information content (AvgIpc) is 2.89. The topological polar surface area (TPSA) is 147 Å². The molecule has 8 nitrogen and oxygen atoms in total. The van der Waals surface area contributed by atoms with Crippen LogP contribution in [0, 0.1) is 5.41 Å². The Kier molecular flexibility index (Phi) is 6.87. The summed E-state index contributed by atoms with van der Waals surface area (Å²) < 4.78 is 0. The van der Waals surface area contributed by atoms with E-state index in [4.69, 9.17) is 16.9 Å². The quantitative estimate of drug-likeness (QED) is 0.114. The first kappa shape index (κ1) is 23.9. The van der Waals surface area contributed by atoms with E-state index in [0.29, 0.717) is 33.9 Å². The van der Waals surface area contributed by atoms with Gasteiger partial charge >= 0.3 is 0 Å². The van der Waals surface area contributed by atoms with Crippen LogP contribution in [-0.2, 0) is 4.79 Å². The summed E-state index contributed by atoms with van der Waals surface area (Å²) in [7, 11) is 0. The lowest BCUT2D eigenvalue weighted by atomic mass is 9.88. The highest BCUT2D eigenvalue weighted by molar-refractivity contribution is 6.10. The molecule has 0 saturated heterocycles. The smallest absolute Gasteiger partial charge is 0.256 e. The minimum absolute atomic E-state index is 0.170. The van der Waals surface area contributed by atoms with E-state index in [0.717, 1.165) is 16.7 Å². The van der Waals surface area contributed by atoms with E-state index < -0.39 is 0 Å². The van der Waals surface area contributed by atoms with Crippen molar-refractivity contribution in [1.82, 2.24) is 4.98 Å². The molecular weight excluding hydrogens is 452 g/mol. The summed E-state index contributed by atoms with van der Waals surface area (Å²) in [5.41, 5.74) is 17.0. The largest absolute Gasteiger partial charge is 0.398 e. The number of benzene rings is 3. The molecule has 4 aromatic rings. The molecule has 1 heterocycles. The lowest BCUT2D eigenvalue weighted by molar-refractivity contribution is -0.111.